The normalized spacial score (nSPS) is 11.2. The number of aliphatic imine (C=N–C) groups is 1. The molecule has 0 radical (unpaired) electrons. The average molecular weight is 321 g/mol. The van der Waals surface area contributed by atoms with Gasteiger partial charge in [-0.15, -0.1) is 0 Å². The van der Waals surface area contributed by atoms with E-state index in [2.05, 4.69) is 36.9 Å². The number of halogens is 2. The highest BCUT2D eigenvalue weighted by Gasteiger charge is 2.09. The van der Waals surface area contributed by atoms with Crippen LogP contribution in [0.15, 0.2) is 23.2 Å². The number of methoxy groups -OCH3 is 1. The van der Waals surface area contributed by atoms with Gasteiger partial charge in [0.15, 0.2) is 0 Å². The molecular weight excluding hydrogens is 310 g/mol. The summed E-state index contributed by atoms with van der Waals surface area (Å²) in [5, 5.41) is 0. The minimum absolute atomic E-state index is 0.109. The average Bonchev–Trinajstić information content (AvgIpc) is 2.17. The fourth-order valence-electron chi connectivity index (χ4n) is 1.14. The summed E-state index contributed by atoms with van der Waals surface area (Å²) in [6.45, 7) is 0. The lowest BCUT2D eigenvalue weighted by Crippen LogP contribution is -1.92. The van der Waals surface area contributed by atoms with Gasteiger partial charge in [-0.3, -0.25) is 4.99 Å². The van der Waals surface area contributed by atoms with Crippen molar-refractivity contribution in [1.82, 2.24) is 0 Å². The Balaban J connectivity index is 3.11. The molecule has 0 aliphatic carbocycles. The maximum absolute atomic E-state index is 5.27. The van der Waals surface area contributed by atoms with E-state index in [1.54, 1.807) is 20.4 Å². The highest BCUT2D eigenvalue weighted by atomic mass is 79.9. The zero-order valence-electron chi connectivity index (χ0n) is 8.00. The molecule has 0 aliphatic heterocycles. The monoisotopic (exact) mass is 319 g/mol. The Morgan fingerprint density at radius 2 is 2.14 bits per heavy atom. The maximum Gasteiger partial charge on any atom is 0.124 e. The van der Waals surface area contributed by atoms with Crippen LogP contribution in [0.3, 0.4) is 0 Å². The summed E-state index contributed by atoms with van der Waals surface area (Å²) < 4.78 is 5.38. The zero-order valence-corrected chi connectivity index (χ0v) is 11.2. The molecule has 0 aliphatic rings. The van der Waals surface area contributed by atoms with E-state index in [9.17, 15) is 0 Å². The van der Waals surface area contributed by atoms with E-state index < -0.39 is 0 Å². The second-order valence-electron chi connectivity index (χ2n) is 2.69. The van der Waals surface area contributed by atoms with Crippen molar-refractivity contribution < 1.29 is 4.74 Å². The van der Waals surface area contributed by atoms with Gasteiger partial charge in [0.05, 0.1) is 10.8 Å². The summed E-state index contributed by atoms with van der Waals surface area (Å²) in [4.78, 5) is 3.95. The molecule has 0 fully saturated rings. The van der Waals surface area contributed by atoms with Gasteiger partial charge >= 0.3 is 0 Å². The summed E-state index contributed by atoms with van der Waals surface area (Å²) in [5.41, 5.74) is 2.11. The summed E-state index contributed by atoms with van der Waals surface area (Å²) in [6.07, 6.45) is 1.80. The molecule has 2 nitrogen and oxygen atoms in total. The lowest BCUT2D eigenvalue weighted by atomic mass is 10.1. The predicted octanol–water partition coefficient (Wildman–Crippen LogP) is 3.53. The van der Waals surface area contributed by atoms with Gasteiger partial charge in [-0.05, 0) is 11.6 Å². The molecule has 1 rings (SSSR count). The van der Waals surface area contributed by atoms with E-state index >= 15 is 0 Å². The first-order chi connectivity index (χ1) is 6.69. The molecule has 0 saturated carbocycles. The lowest BCUT2D eigenvalue weighted by Gasteiger charge is -2.09. The molecule has 14 heavy (non-hydrogen) atoms. The Morgan fingerprint density at radius 3 is 2.64 bits per heavy atom. The van der Waals surface area contributed by atoms with Crippen LogP contribution in [0, 0.1) is 0 Å². The third kappa shape index (κ3) is 2.82. The first-order valence-corrected chi connectivity index (χ1v) is 5.90. The van der Waals surface area contributed by atoms with Crippen molar-refractivity contribution in [2.45, 2.75) is 3.74 Å². The molecule has 0 unspecified atom stereocenters. The fraction of sp³-hybridized carbons (Fsp3) is 0.300. The summed E-state index contributed by atoms with van der Waals surface area (Å²) in [6, 6.07) is 5.96. The lowest BCUT2D eigenvalue weighted by molar-refractivity contribution is 0.411. The highest BCUT2D eigenvalue weighted by molar-refractivity contribution is 9.24. The van der Waals surface area contributed by atoms with Gasteiger partial charge in [-0.2, -0.15) is 0 Å². The zero-order chi connectivity index (χ0) is 10.6. The molecule has 0 bridgehead atoms. The van der Waals surface area contributed by atoms with Gasteiger partial charge in [0, 0.05) is 18.8 Å². The molecule has 0 amide bonds. The van der Waals surface area contributed by atoms with Crippen LogP contribution in [0.25, 0.3) is 0 Å². The van der Waals surface area contributed by atoms with Gasteiger partial charge < -0.3 is 4.74 Å². The molecule has 4 heteroatoms. The number of alkyl halides is 2. The van der Waals surface area contributed by atoms with Crippen molar-refractivity contribution in [3.63, 3.8) is 0 Å². The number of hydrogen-bond acceptors (Lipinski definition) is 2. The van der Waals surface area contributed by atoms with E-state index in [1.165, 1.54) is 0 Å². The first kappa shape index (κ1) is 11.7. The van der Waals surface area contributed by atoms with E-state index in [-0.39, 0.29) is 3.74 Å². The van der Waals surface area contributed by atoms with Crippen molar-refractivity contribution in [3.8, 4) is 5.75 Å². The molecule has 1 aromatic rings. The third-order valence-corrected chi connectivity index (χ3v) is 2.76. The number of ether oxygens (including phenoxy) is 1. The second kappa shape index (κ2) is 5.51. The van der Waals surface area contributed by atoms with Gasteiger partial charge in [0.2, 0.25) is 0 Å². The number of nitrogens with zero attached hydrogens (tertiary/aromatic N) is 1. The van der Waals surface area contributed by atoms with Crippen LogP contribution < -0.4 is 4.74 Å². The Morgan fingerprint density at radius 1 is 1.43 bits per heavy atom. The third-order valence-electron chi connectivity index (χ3n) is 1.77. The summed E-state index contributed by atoms with van der Waals surface area (Å²) in [7, 11) is 3.41. The Kier molecular flexibility index (Phi) is 4.62. The van der Waals surface area contributed by atoms with Crippen molar-refractivity contribution >= 4 is 38.1 Å². The molecular formula is C10H11Br2NO. The predicted molar refractivity (Wildman–Crippen MR) is 67.1 cm³/mol. The summed E-state index contributed by atoms with van der Waals surface area (Å²) >= 11 is 6.88. The minimum atomic E-state index is 0.109. The van der Waals surface area contributed by atoms with Crippen LogP contribution in [0.1, 0.15) is 14.9 Å². The van der Waals surface area contributed by atoms with E-state index in [0.29, 0.717) is 0 Å². The second-order valence-corrected chi connectivity index (χ2v) is 5.75. The minimum Gasteiger partial charge on any atom is -0.496 e. The van der Waals surface area contributed by atoms with Crippen LogP contribution in [-0.4, -0.2) is 20.4 Å². The molecule has 0 atom stereocenters. The fourth-order valence-corrected chi connectivity index (χ4v) is 1.89. The smallest absolute Gasteiger partial charge is 0.124 e. The van der Waals surface area contributed by atoms with E-state index in [4.69, 9.17) is 4.74 Å². The Bertz CT molecular complexity index is 337. The van der Waals surface area contributed by atoms with Crippen LogP contribution >= 0.6 is 31.9 Å². The number of hydrogen-bond donors (Lipinski definition) is 0. The largest absolute Gasteiger partial charge is 0.496 e. The van der Waals surface area contributed by atoms with Crippen LogP contribution in [0.5, 0.6) is 5.75 Å². The number of benzene rings is 1. The van der Waals surface area contributed by atoms with Gasteiger partial charge in [0.25, 0.3) is 0 Å². The molecule has 76 valence electrons. The molecule has 1 aromatic carbocycles. The molecule has 0 aromatic heterocycles. The SMILES string of the molecule is C/N=C/c1ccc(C(Br)Br)c(OC)c1. The Labute approximate surface area is 101 Å². The van der Waals surface area contributed by atoms with E-state index in [1.807, 2.05) is 18.2 Å². The van der Waals surface area contributed by atoms with Crippen molar-refractivity contribution in [3.05, 3.63) is 29.3 Å². The maximum atomic E-state index is 5.27. The Hall–Kier alpha value is -0.350. The summed E-state index contributed by atoms with van der Waals surface area (Å²) in [5.74, 6) is 0.848. The van der Waals surface area contributed by atoms with Gasteiger partial charge in [0.1, 0.15) is 5.75 Å². The number of rotatable bonds is 3. The molecule has 0 N–H and O–H groups in total. The van der Waals surface area contributed by atoms with Crippen LogP contribution in [-0.2, 0) is 0 Å². The first-order valence-electron chi connectivity index (χ1n) is 4.07. The quantitative estimate of drug-likeness (QED) is 0.616. The van der Waals surface area contributed by atoms with Gasteiger partial charge in [-0.1, -0.05) is 44.0 Å². The van der Waals surface area contributed by atoms with E-state index in [0.717, 1.165) is 16.9 Å². The standard InChI is InChI=1S/C10H11Br2NO/c1-13-6-7-3-4-8(10(11)12)9(5-7)14-2/h3-6,10H,1-2H3/b13-6+. The van der Waals surface area contributed by atoms with Crippen molar-refractivity contribution in [2.75, 3.05) is 14.2 Å². The molecule has 0 saturated heterocycles. The molecule has 0 spiro atoms. The van der Waals surface area contributed by atoms with Gasteiger partial charge in [-0.25, -0.2) is 0 Å². The highest BCUT2D eigenvalue weighted by Crippen LogP contribution is 2.35. The van der Waals surface area contributed by atoms with Crippen LogP contribution in [0.4, 0.5) is 0 Å². The topological polar surface area (TPSA) is 21.6 Å². The molecule has 0 heterocycles. The van der Waals surface area contributed by atoms with Crippen molar-refractivity contribution in [1.29, 1.82) is 0 Å². The van der Waals surface area contributed by atoms with Crippen LogP contribution in [0.2, 0.25) is 0 Å². The van der Waals surface area contributed by atoms with Crippen molar-refractivity contribution in [2.24, 2.45) is 4.99 Å².